The normalized spacial score (nSPS) is 15.9. The number of nitrogens with zero attached hydrogens (tertiary/aromatic N) is 3. The third kappa shape index (κ3) is 3.24. The quantitative estimate of drug-likeness (QED) is 0.581. The third-order valence-electron chi connectivity index (χ3n) is 5.56. The Bertz CT molecular complexity index is 1100. The van der Waals surface area contributed by atoms with Gasteiger partial charge in [0.2, 0.25) is 0 Å². The molecule has 3 aromatic rings. The number of ether oxygens (including phenoxy) is 1. The summed E-state index contributed by atoms with van der Waals surface area (Å²) in [4.78, 5) is 17.0. The molecule has 2 heterocycles. The summed E-state index contributed by atoms with van der Waals surface area (Å²) < 4.78 is 20.3. The lowest BCUT2D eigenvalue weighted by molar-refractivity contribution is 0.0532. The Labute approximate surface area is 175 Å². The molecule has 0 saturated heterocycles. The van der Waals surface area contributed by atoms with Gasteiger partial charge in [0.1, 0.15) is 15.7 Å². The number of carbonyl (C=O) groups excluding carboxylic acids is 1. The Morgan fingerprint density at radius 3 is 2.59 bits per heavy atom. The summed E-state index contributed by atoms with van der Waals surface area (Å²) in [5.74, 6) is -0.431. The summed E-state index contributed by atoms with van der Waals surface area (Å²) in [5.41, 5.74) is 6.87. The van der Waals surface area contributed by atoms with Crippen LogP contribution in [0.5, 0.6) is 0 Å². The van der Waals surface area contributed by atoms with Crippen LogP contribution in [0.4, 0.5) is 0 Å². The number of esters is 1. The molecule has 0 saturated carbocycles. The Hall–Kier alpha value is -2.32. The number of fused-ring (bicyclic) bond motifs is 2. The van der Waals surface area contributed by atoms with Crippen LogP contribution in [-0.4, -0.2) is 31.5 Å². The maximum absolute atomic E-state index is 13.0. The van der Waals surface area contributed by atoms with Gasteiger partial charge in [0, 0.05) is 6.20 Å². The Morgan fingerprint density at radius 2 is 1.90 bits per heavy atom. The largest absolute Gasteiger partial charge is 0.462 e. The van der Waals surface area contributed by atoms with E-state index in [0.717, 1.165) is 37.0 Å². The fraction of sp³-hybridized carbons (Fsp3) is 0.381. The second kappa shape index (κ2) is 7.50. The number of hydrogen-bond donors (Lipinski definition) is 0. The molecule has 8 heteroatoms. The minimum atomic E-state index is -1.48. The molecule has 0 radical (unpaired) electrons. The maximum atomic E-state index is 13.0. The first-order valence-electron chi connectivity index (χ1n) is 9.92. The van der Waals surface area contributed by atoms with E-state index in [1.54, 1.807) is 13.1 Å². The summed E-state index contributed by atoms with van der Waals surface area (Å²) >= 11 is 1.11. The molecular weight excluding hydrogens is 406 g/mol. The molecule has 1 atom stereocenters. The number of thiazole rings is 1. The van der Waals surface area contributed by atoms with Crippen LogP contribution >= 0.6 is 11.3 Å². The molecule has 1 aromatic carbocycles. The molecule has 6 nitrogen and oxygen atoms in total. The van der Waals surface area contributed by atoms with Gasteiger partial charge in [0.15, 0.2) is 4.34 Å². The molecule has 5 rings (SSSR count). The van der Waals surface area contributed by atoms with Crippen molar-refractivity contribution in [2.75, 3.05) is 6.61 Å². The Morgan fingerprint density at radius 1 is 1.17 bits per heavy atom. The standard InChI is InChI=1S/C21H21N3O3S2/c1-2-27-20(25)18-11-22-21(28-18)29(26)15-10-23-24(12-15)19-16-7-3-5-13(16)9-14-6-4-8-17(14)19/h9-12H,2-8H2,1H3. The van der Waals surface area contributed by atoms with E-state index in [-0.39, 0.29) is 0 Å². The van der Waals surface area contributed by atoms with Gasteiger partial charge in [-0.2, -0.15) is 5.10 Å². The predicted octanol–water partition coefficient (Wildman–Crippen LogP) is 3.65. The van der Waals surface area contributed by atoms with Crippen LogP contribution in [0.25, 0.3) is 5.69 Å². The van der Waals surface area contributed by atoms with E-state index in [1.165, 1.54) is 47.0 Å². The van der Waals surface area contributed by atoms with Gasteiger partial charge in [-0.3, -0.25) is 0 Å². The lowest BCUT2D eigenvalue weighted by Crippen LogP contribution is -2.05. The zero-order valence-corrected chi connectivity index (χ0v) is 17.8. The molecule has 2 aliphatic rings. The molecule has 150 valence electrons. The first-order valence-corrected chi connectivity index (χ1v) is 11.9. The summed E-state index contributed by atoms with van der Waals surface area (Å²) in [6.45, 7) is 2.05. The molecule has 29 heavy (non-hydrogen) atoms. The molecule has 0 N–H and O–H groups in total. The highest BCUT2D eigenvalue weighted by Crippen LogP contribution is 2.37. The smallest absolute Gasteiger partial charge is 0.349 e. The van der Waals surface area contributed by atoms with E-state index in [4.69, 9.17) is 4.74 Å². The SMILES string of the molecule is CCOC(=O)c1cnc(S(=O)c2cnn(-c3c4c(cc5c3CCC5)CCC4)c2)s1. The van der Waals surface area contributed by atoms with E-state index >= 15 is 0 Å². The third-order valence-corrected chi connectivity index (χ3v) is 8.10. The molecule has 2 aromatic heterocycles. The lowest BCUT2D eigenvalue weighted by Gasteiger charge is -2.14. The maximum Gasteiger partial charge on any atom is 0.349 e. The number of rotatable bonds is 5. The predicted molar refractivity (Wildman–Crippen MR) is 110 cm³/mol. The highest BCUT2D eigenvalue weighted by atomic mass is 32.2. The van der Waals surface area contributed by atoms with Crippen LogP contribution in [0.15, 0.2) is 33.9 Å². The topological polar surface area (TPSA) is 74.1 Å². The van der Waals surface area contributed by atoms with Gasteiger partial charge in [0.05, 0.1) is 29.6 Å². The minimum Gasteiger partial charge on any atom is -0.462 e. The highest BCUT2D eigenvalue weighted by Gasteiger charge is 2.26. The summed E-state index contributed by atoms with van der Waals surface area (Å²) in [6, 6.07) is 2.39. The number of aryl methyl sites for hydroxylation is 2. The molecule has 0 fully saturated rings. The molecule has 0 bridgehead atoms. The molecule has 0 aliphatic heterocycles. The molecular formula is C21H21N3O3S2. The number of aromatic nitrogens is 3. The van der Waals surface area contributed by atoms with E-state index < -0.39 is 16.8 Å². The minimum absolute atomic E-state index is 0.299. The van der Waals surface area contributed by atoms with Crippen molar-refractivity contribution in [3.8, 4) is 5.69 Å². The van der Waals surface area contributed by atoms with Crippen LogP contribution in [-0.2, 0) is 41.2 Å². The van der Waals surface area contributed by atoms with Crippen LogP contribution in [0.2, 0.25) is 0 Å². The van der Waals surface area contributed by atoms with Gasteiger partial charge >= 0.3 is 5.97 Å². The molecule has 2 aliphatic carbocycles. The highest BCUT2D eigenvalue weighted by molar-refractivity contribution is 7.87. The van der Waals surface area contributed by atoms with Crippen molar-refractivity contribution in [1.29, 1.82) is 0 Å². The van der Waals surface area contributed by atoms with Crippen molar-refractivity contribution in [2.45, 2.75) is 54.7 Å². The van der Waals surface area contributed by atoms with Gasteiger partial charge in [-0.15, -0.1) is 0 Å². The van der Waals surface area contributed by atoms with Gasteiger partial charge in [-0.05, 0) is 67.7 Å². The fourth-order valence-corrected chi connectivity index (χ4v) is 6.42. The van der Waals surface area contributed by atoms with Crippen molar-refractivity contribution >= 4 is 28.1 Å². The van der Waals surface area contributed by atoms with Crippen LogP contribution < -0.4 is 0 Å². The molecule has 0 spiro atoms. The summed E-state index contributed by atoms with van der Waals surface area (Å²) in [6.07, 6.45) is 11.7. The fourth-order valence-electron chi connectivity index (χ4n) is 4.33. The monoisotopic (exact) mass is 427 g/mol. The Kier molecular flexibility index (Phi) is 4.83. The number of hydrogen-bond acceptors (Lipinski definition) is 6. The summed E-state index contributed by atoms with van der Waals surface area (Å²) in [7, 11) is -1.48. The van der Waals surface area contributed by atoms with Crippen LogP contribution in [0.1, 0.15) is 51.7 Å². The van der Waals surface area contributed by atoms with Crippen molar-refractivity contribution < 1.29 is 13.7 Å². The van der Waals surface area contributed by atoms with Gasteiger partial charge in [-0.1, -0.05) is 17.4 Å². The zero-order chi connectivity index (χ0) is 20.0. The van der Waals surface area contributed by atoms with E-state index in [0.29, 0.717) is 20.7 Å². The molecule has 0 amide bonds. The van der Waals surface area contributed by atoms with Crippen LogP contribution in [0, 0.1) is 0 Å². The average molecular weight is 428 g/mol. The van der Waals surface area contributed by atoms with Crippen molar-refractivity contribution in [2.24, 2.45) is 0 Å². The van der Waals surface area contributed by atoms with Crippen LogP contribution in [0.3, 0.4) is 0 Å². The average Bonchev–Trinajstić information content (AvgIpc) is 3.52. The van der Waals surface area contributed by atoms with Gasteiger partial charge in [-0.25, -0.2) is 18.7 Å². The van der Waals surface area contributed by atoms with E-state index in [1.807, 2.05) is 10.9 Å². The Balaban J connectivity index is 1.48. The van der Waals surface area contributed by atoms with E-state index in [2.05, 4.69) is 16.1 Å². The zero-order valence-electron chi connectivity index (χ0n) is 16.1. The first-order chi connectivity index (χ1) is 14.2. The van der Waals surface area contributed by atoms with E-state index in [9.17, 15) is 9.00 Å². The number of carbonyl (C=O) groups is 1. The number of benzene rings is 1. The van der Waals surface area contributed by atoms with Gasteiger partial charge < -0.3 is 4.74 Å². The van der Waals surface area contributed by atoms with Crippen molar-refractivity contribution in [3.05, 3.63) is 51.8 Å². The lowest BCUT2D eigenvalue weighted by atomic mass is 9.99. The van der Waals surface area contributed by atoms with Gasteiger partial charge in [0.25, 0.3) is 0 Å². The van der Waals surface area contributed by atoms with Crippen molar-refractivity contribution in [3.63, 3.8) is 0 Å². The summed E-state index contributed by atoms with van der Waals surface area (Å²) in [5, 5.41) is 4.57. The molecule has 1 unspecified atom stereocenters. The van der Waals surface area contributed by atoms with Crippen molar-refractivity contribution in [1.82, 2.24) is 14.8 Å². The first kappa shape index (κ1) is 18.7. The second-order valence-corrected chi connectivity index (χ2v) is 9.99. The second-order valence-electron chi connectivity index (χ2n) is 7.31.